The Kier molecular flexibility index (Phi) is 6.50. The maximum Gasteiger partial charge on any atom is 0.363 e. The predicted molar refractivity (Wildman–Crippen MR) is 172 cm³/mol. The molecule has 0 aliphatic carbocycles. The third-order valence-electron chi connectivity index (χ3n) is 8.36. The van der Waals surface area contributed by atoms with Crippen molar-refractivity contribution in [2.75, 3.05) is 10.6 Å². The van der Waals surface area contributed by atoms with Gasteiger partial charge in [0, 0.05) is 41.6 Å². The largest absolute Gasteiger partial charge is 0.363 e. The molecule has 0 saturated carbocycles. The van der Waals surface area contributed by atoms with Gasteiger partial charge < -0.3 is 15.5 Å². The fraction of sp³-hybridized carbons (Fsp3) is 0.167. The fourth-order valence-electron chi connectivity index (χ4n) is 6.01. The number of nitrogens with zero attached hydrogens (tertiary/aromatic N) is 3. The van der Waals surface area contributed by atoms with E-state index in [0.29, 0.717) is 5.56 Å². The molecule has 7 heteroatoms. The standard InChI is InChI=1S/C36H33N5O2/c1-4-36(23-27-11-8-12-32-30(27)17-19-41(32)43-35(42)26-9-6-5-7-10-26)38-31-22-28(21-25(3)33(31)39-36)34-37-18-20-40(34)29-15-13-24(2)14-16-29/h5-22,38-39H,4,23H2,1-3H3. The monoisotopic (exact) mass is 567 g/mol. The Morgan fingerprint density at radius 1 is 0.907 bits per heavy atom. The van der Waals surface area contributed by atoms with Crippen molar-refractivity contribution in [3.05, 3.63) is 132 Å². The summed E-state index contributed by atoms with van der Waals surface area (Å²) in [6.07, 6.45) is 7.26. The number of nitrogens with one attached hydrogen (secondary N) is 2. The third kappa shape index (κ3) is 4.83. The molecule has 6 aromatic rings. The molecule has 1 atom stereocenters. The number of imidazole rings is 1. The number of hydrogen-bond donors (Lipinski definition) is 2. The summed E-state index contributed by atoms with van der Waals surface area (Å²) >= 11 is 0. The van der Waals surface area contributed by atoms with Crippen molar-refractivity contribution in [3.8, 4) is 17.1 Å². The van der Waals surface area contributed by atoms with Crippen LogP contribution < -0.4 is 15.5 Å². The number of rotatable bonds is 7. The molecule has 1 unspecified atom stereocenters. The van der Waals surface area contributed by atoms with Gasteiger partial charge in [0.15, 0.2) is 0 Å². The van der Waals surface area contributed by atoms with Crippen LogP contribution in [0.25, 0.3) is 28.0 Å². The molecule has 7 nitrogen and oxygen atoms in total. The summed E-state index contributed by atoms with van der Waals surface area (Å²) in [5.41, 5.74) is 8.85. The molecule has 1 aliphatic rings. The zero-order valence-corrected chi connectivity index (χ0v) is 24.5. The molecule has 0 amide bonds. The number of anilines is 2. The average molecular weight is 568 g/mol. The third-order valence-corrected chi connectivity index (χ3v) is 8.36. The van der Waals surface area contributed by atoms with Gasteiger partial charge in [-0.15, -0.1) is 0 Å². The van der Waals surface area contributed by atoms with E-state index in [4.69, 9.17) is 9.82 Å². The zero-order chi connectivity index (χ0) is 29.6. The molecule has 1 aliphatic heterocycles. The van der Waals surface area contributed by atoms with E-state index in [-0.39, 0.29) is 5.66 Å². The van der Waals surface area contributed by atoms with E-state index in [0.717, 1.165) is 63.3 Å². The highest BCUT2D eigenvalue weighted by Crippen LogP contribution is 2.43. The lowest BCUT2D eigenvalue weighted by molar-refractivity contribution is 0.0483. The molecular formula is C36H33N5O2. The van der Waals surface area contributed by atoms with E-state index in [9.17, 15) is 4.79 Å². The summed E-state index contributed by atoms with van der Waals surface area (Å²) in [6, 6.07) is 30.1. The van der Waals surface area contributed by atoms with E-state index in [1.54, 1.807) is 16.9 Å². The molecule has 0 bridgehead atoms. The number of aromatic nitrogens is 3. The van der Waals surface area contributed by atoms with Gasteiger partial charge in [0.05, 0.1) is 22.5 Å². The Labute approximate surface area is 250 Å². The molecule has 43 heavy (non-hydrogen) atoms. The van der Waals surface area contributed by atoms with Gasteiger partial charge in [-0.25, -0.2) is 9.78 Å². The van der Waals surface area contributed by atoms with E-state index >= 15 is 0 Å². The lowest BCUT2D eigenvalue weighted by Gasteiger charge is -2.30. The van der Waals surface area contributed by atoms with E-state index in [1.165, 1.54) is 5.56 Å². The lowest BCUT2D eigenvalue weighted by Crippen LogP contribution is -2.43. The highest BCUT2D eigenvalue weighted by Gasteiger charge is 2.36. The van der Waals surface area contributed by atoms with Crippen LogP contribution in [0.15, 0.2) is 110 Å². The lowest BCUT2D eigenvalue weighted by atomic mass is 9.95. The first kappa shape index (κ1) is 26.6. The molecule has 2 aromatic heterocycles. The number of aryl methyl sites for hydroxylation is 2. The van der Waals surface area contributed by atoms with Crippen molar-refractivity contribution < 1.29 is 9.63 Å². The minimum Gasteiger partial charge on any atom is -0.361 e. The van der Waals surface area contributed by atoms with Crippen molar-refractivity contribution in [1.82, 2.24) is 14.3 Å². The average Bonchev–Trinajstić information content (AvgIpc) is 3.76. The predicted octanol–water partition coefficient (Wildman–Crippen LogP) is 7.57. The number of carbonyl (C=O) groups is 1. The van der Waals surface area contributed by atoms with Crippen LogP contribution in [0.4, 0.5) is 11.4 Å². The van der Waals surface area contributed by atoms with E-state index in [1.807, 2.05) is 55.0 Å². The van der Waals surface area contributed by atoms with Crippen LogP contribution in [0.2, 0.25) is 0 Å². The number of carbonyl (C=O) groups excluding carboxylic acids is 1. The molecule has 0 radical (unpaired) electrons. The summed E-state index contributed by atoms with van der Waals surface area (Å²) in [6.45, 7) is 6.43. The summed E-state index contributed by atoms with van der Waals surface area (Å²) in [7, 11) is 0. The molecule has 7 rings (SSSR count). The SMILES string of the molecule is CCC1(Cc2cccc3c2ccn3OC(=O)c2ccccc2)Nc2cc(-c3nccn3-c3ccc(C)cc3)cc(C)c2N1. The maximum absolute atomic E-state index is 12.7. The molecule has 0 spiro atoms. The van der Waals surface area contributed by atoms with Gasteiger partial charge in [0.2, 0.25) is 0 Å². The maximum atomic E-state index is 12.7. The summed E-state index contributed by atoms with van der Waals surface area (Å²) in [5.74, 6) is 0.513. The first-order valence-electron chi connectivity index (χ1n) is 14.6. The van der Waals surface area contributed by atoms with Crippen LogP contribution in [0.1, 0.15) is 40.4 Å². The second kappa shape index (κ2) is 10.5. The van der Waals surface area contributed by atoms with E-state index < -0.39 is 5.97 Å². The van der Waals surface area contributed by atoms with Gasteiger partial charge in [-0.3, -0.25) is 4.57 Å². The molecular weight excluding hydrogens is 534 g/mol. The van der Waals surface area contributed by atoms with E-state index in [2.05, 4.69) is 78.4 Å². The first-order valence-corrected chi connectivity index (χ1v) is 14.6. The fourth-order valence-corrected chi connectivity index (χ4v) is 6.01. The van der Waals surface area contributed by atoms with Crippen molar-refractivity contribution >= 4 is 28.2 Å². The summed E-state index contributed by atoms with van der Waals surface area (Å²) in [4.78, 5) is 23.2. The van der Waals surface area contributed by atoms with Gasteiger partial charge in [-0.2, -0.15) is 4.73 Å². The quantitative estimate of drug-likeness (QED) is 0.208. The van der Waals surface area contributed by atoms with Gasteiger partial charge in [-0.05, 0) is 79.9 Å². The van der Waals surface area contributed by atoms with Crippen molar-refractivity contribution in [1.29, 1.82) is 0 Å². The van der Waals surface area contributed by atoms with Crippen LogP contribution in [0.5, 0.6) is 0 Å². The Hall–Kier alpha value is -5.30. The Morgan fingerprint density at radius 2 is 1.72 bits per heavy atom. The molecule has 3 heterocycles. The minimum absolute atomic E-state index is 0.380. The number of hydrogen-bond acceptors (Lipinski definition) is 5. The summed E-state index contributed by atoms with van der Waals surface area (Å²) in [5, 5.41) is 8.72. The van der Waals surface area contributed by atoms with Crippen LogP contribution in [-0.2, 0) is 6.42 Å². The molecule has 0 fully saturated rings. The van der Waals surface area contributed by atoms with Gasteiger partial charge in [0.25, 0.3) is 0 Å². The van der Waals surface area contributed by atoms with Gasteiger partial charge in [0.1, 0.15) is 11.5 Å². The van der Waals surface area contributed by atoms with Crippen LogP contribution in [0, 0.1) is 13.8 Å². The highest BCUT2D eigenvalue weighted by molar-refractivity contribution is 5.91. The van der Waals surface area contributed by atoms with Gasteiger partial charge >= 0.3 is 5.97 Å². The number of fused-ring (bicyclic) bond motifs is 2. The first-order chi connectivity index (χ1) is 20.9. The Balaban J connectivity index is 1.17. The molecule has 4 aromatic carbocycles. The zero-order valence-electron chi connectivity index (χ0n) is 24.5. The smallest absolute Gasteiger partial charge is 0.361 e. The topological polar surface area (TPSA) is 73.1 Å². The van der Waals surface area contributed by atoms with Crippen molar-refractivity contribution in [3.63, 3.8) is 0 Å². The normalized spacial score (nSPS) is 15.6. The highest BCUT2D eigenvalue weighted by atomic mass is 16.7. The van der Waals surface area contributed by atoms with Crippen molar-refractivity contribution in [2.24, 2.45) is 0 Å². The molecule has 0 saturated heterocycles. The minimum atomic E-state index is -0.391. The van der Waals surface area contributed by atoms with Crippen LogP contribution >= 0.6 is 0 Å². The van der Waals surface area contributed by atoms with Gasteiger partial charge in [-0.1, -0.05) is 55.0 Å². The molecule has 214 valence electrons. The second-order valence-electron chi connectivity index (χ2n) is 11.3. The Morgan fingerprint density at radius 3 is 2.51 bits per heavy atom. The molecule has 2 N–H and O–H groups in total. The number of benzene rings is 4. The second-order valence-corrected chi connectivity index (χ2v) is 11.3. The van der Waals surface area contributed by atoms with Crippen LogP contribution in [-0.4, -0.2) is 25.9 Å². The summed E-state index contributed by atoms with van der Waals surface area (Å²) < 4.78 is 3.69. The van der Waals surface area contributed by atoms with Crippen molar-refractivity contribution in [2.45, 2.75) is 39.3 Å². The Bertz CT molecular complexity index is 1960. The van der Waals surface area contributed by atoms with Crippen LogP contribution in [0.3, 0.4) is 0 Å².